The average molecular weight is 739 g/mol. The Kier molecular flexibility index (Phi) is 16.7. The molecule has 9 atom stereocenters. The predicted molar refractivity (Wildman–Crippen MR) is 189 cm³/mol. The van der Waals surface area contributed by atoms with Gasteiger partial charge in [-0.25, -0.2) is 4.79 Å². The van der Waals surface area contributed by atoms with Gasteiger partial charge in [0.2, 0.25) is 36.9 Å². The number of ether oxygens (including phenoxy) is 1. The largest absolute Gasteiger partial charge is 0.467 e. The third-order valence-electron chi connectivity index (χ3n) is 9.02. The molecule has 0 heterocycles. The van der Waals surface area contributed by atoms with Crippen LogP contribution in [-0.4, -0.2) is 101 Å². The van der Waals surface area contributed by atoms with E-state index in [1.807, 2.05) is 0 Å². The second-order valence-corrected chi connectivity index (χ2v) is 16.4. The number of hydrogen-bond donors (Lipinski definition) is 8. The number of amides is 5. The Morgan fingerprint density at radius 3 is 1.88 bits per heavy atom. The zero-order chi connectivity index (χ0) is 38.6. The van der Waals surface area contributed by atoms with Crippen LogP contribution < -0.4 is 32.3 Å². The summed E-state index contributed by atoms with van der Waals surface area (Å²) in [5, 5.41) is 21.9. The highest BCUT2D eigenvalue weighted by molar-refractivity contribution is 7.59. The van der Waals surface area contributed by atoms with E-state index in [4.69, 9.17) is 15.6 Å². The third kappa shape index (κ3) is 12.1. The van der Waals surface area contributed by atoms with E-state index >= 15 is 0 Å². The Hall–Kier alpha value is -3.85. The van der Waals surface area contributed by atoms with Gasteiger partial charge >= 0.3 is 5.97 Å². The van der Waals surface area contributed by atoms with Crippen LogP contribution in [0.3, 0.4) is 0 Å². The number of benzene rings is 1. The normalized spacial score (nSPS) is 20.5. The predicted octanol–water partition coefficient (Wildman–Crippen LogP) is -0.106. The van der Waals surface area contributed by atoms with Crippen molar-refractivity contribution in [3.05, 3.63) is 35.9 Å². The molecule has 51 heavy (non-hydrogen) atoms. The zero-order valence-electron chi connectivity index (χ0n) is 30.4. The number of aliphatic hydroxyl groups is 1. The van der Waals surface area contributed by atoms with E-state index in [0.717, 1.165) is 0 Å². The lowest BCUT2D eigenvalue weighted by Gasteiger charge is -2.33. The third-order valence-corrected chi connectivity index (χ3v) is 11.8. The second-order valence-electron chi connectivity index (χ2n) is 13.7. The van der Waals surface area contributed by atoms with Gasteiger partial charge in [-0.1, -0.05) is 64.4 Å². The molecule has 1 saturated carbocycles. The fraction of sp³-hybridized carbons (Fsp3) is 0.647. The molecule has 16 nitrogen and oxygen atoms in total. The van der Waals surface area contributed by atoms with E-state index in [1.165, 1.54) is 21.0 Å². The molecule has 0 spiro atoms. The van der Waals surface area contributed by atoms with E-state index in [-0.39, 0.29) is 25.2 Å². The molecule has 1 aliphatic carbocycles. The topological polar surface area (TPSA) is 255 Å². The van der Waals surface area contributed by atoms with Crippen molar-refractivity contribution in [2.45, 2.75) is 109 Å². The van der Waals surface area contributed by atoms with Crippen molar-refractivity contribution in [3.63, 3.8) is 0 Å². The number of rotatable bonds is 18. The molecule has 9 N–H and O–H groups in total. The smallest absolute Gasteiger partial charge is 0.328 e. The molecule has 0 bridgehead atoms. The van der Waals surface area contributed by atoms with Gasteiger partial charge in [-0.05, 0) is 44.1 Å². The Balaban J connectivity index is 2.29. The van der Waals surface area contributed by atoms with Crippen LogP contribution in [0.5, 0.6) is 0 Å². The van der Waals surface area contributed by atoms with Crippen LogP contribution >= 0.6 is 7.37 Å². The highest BCUT2D eigenvalue weighted by atomic mass is 31.2. The lowest BCUT2D eigenvalue weighted by molar-refractivity contribution is -0.147. The van der Waals surface area contributed by atoms with Crippen LogP contribution in [0.1, 0.15) is 66.4 Å². The molecule has 1 aliphatic rings. The number of aliphatic hydroxyl groups excluding tert-OH is 1. The molecule has 286 valence electrons. The molecule has 0 aromatic heterocycles. The van der Waals surface area contributed by atoms with Crippen LogP contribution in [0.25, 0.3) is 0 Å². The van der Waals surface area contributed by atoms with E-state index in [1.54, 1.807) is 58.0 Å². The van der Waals surface area contributed by atoms with E-state index < -0.39 is 103 Å². The van der Waals surface area contributed by atoms with Gasteiger partial charge in [0.1, 0.15) is 36.0 Å². The molecule has 1 aromatic rings. The van der Waals surface area contributed by atoms with Crippen molar-refractivity contribution < 1.29 is 48.1 Å². The molecule has 1 aromatic carbocycles. The molecule has 17 heteroatoms. The van der Waals surface area contributed by atoms with Gasteiger partial charge in [-0.3, -0.25) is 28.5 Å². The lowest BCUT2D eigenvalue weighted by Crippen LogP contribution is -2.56. The maximum Gasteiger partial charge on any atom is 0.328 e. The Morgan fingerprint density at radius 2 is 1.35 bits per heavy atom. The number of nitrogens with one attached hydrogen (secondary N) is 5. The van der Waals surface area contributed by atoms with Crippen LogP contribution in [0.4, 0.5) is 0 Å². The van der Waals surface area contributed by atoms with Gasteiger partial charge in [0.15, 0.2) is 0 Å². The van der Waals surface area contributed by atoms with E-state index in [2.05, 4.69) is 26.6 Å². The Bertz CT molecular complexity index is 1430. The fourth-order valence-corrected chi connectivity index (χ4v) is 8.46. The summed E-state index contributed by atoms with van der Waals surface area (Å²) in [5.41, 5.74) is 5.06. The molecule has 3 unspecified atom stereocenters. The van der Waals surface area contributed by atoms with Gasteiger partial charge < -0.3 is 47.1 Å². The number of esters is 1. The Labute approximate surface area is 299 Å². The SMILES string of the molecule is COC(=O)[C@@H](NC(=O)[C@@H](NC(=O)C1CCCC1P(=O)(O)[C@H](Cc1ccccc1)NC(=O)[C@H](C)NC(=O)[C@H](C)NC(=O)[C@@H](N)CO)C(C)C)C(C)C. The minimum atomic E-state index is -4.41. The second kappa shape index (κ2) is 19.7. The molecular weight excluding hydrogens is 683 g/mol. The van der Waals surface area contributed by atoms with Gasteiger partial charge in [0.25, 0.3) is 0 Å². The van der Waals surface area contributed by atoms with Crippen LogP contribution in [0.15, 0.2) is 30.3 Å². The summed E-state index contributed by atoms with van der Waals surface area (Å²) in [6.45, 7) is 9.03. The molecule has 1 fully saturated rings. The van der Waals surface area contributed by atoms with Crippen LogP contribution in [0.2, 0.25) is 0 Å². The fourth-order valence-electron chi connectivity index (χ4n) is 5.86. The maximum absolute atomic E-state index is 14.5. The molecule has 0 saturated heterocycles. The number of carbonyl (C=O) groups excluding carboxylic acids is 6. The Morgan fingerprint density at radius 1 is 0.804 bits per heavy atom. The van der Waals surface area contributed by atoms with Gasteiger partial charge in [-0.15, -0.1) is 0 Å². The summed E-state index contributed by atoms with van der Waals surface area (Å²) in [6.07, 6.45) is 0.874. The van der Waals surface area contributed by atoms with Crippen molar-refractivity contribution in [3.8, 4) is 0 Å². The van der Waals surface area contributed by atoms with Crippen molar-refractivity contribution in [1.82, 2.24) is 26.6 Å². The van der Waals surface area contributed by atoms with Crippen molar-refractivity contribution >= 4 is 42.9 Å². The average Bonchev–Trinajstić information content (AvgIpc) is 3.59. The number of nitrogens with two attached hydrogens (primary N) is 1. The molecule has 5 amide bonds. The minimum absolute atomic E-state index is 0.0570. The van der Waals surface area contributed by atoms with Crippen molar-refractivity contribution in [1.29, 1.82) is 0 Å². The summed E-state index contributed by atoms with van der Waals surface area (Å²) < 4.78 is 19.3. The summed E-state index contributed by atoms with van der Waals surface area (Å²) in [7, 11) is -3.20. The number of hydrogen-bond acceptors (Lipinski definition) is 10. The molecule has 0 radical (unpaired) electrons. The first-order valence-corrected chi connectivity index (χ1v) is 19.0. The molecular formula is C34H55N6O10P. The number of methoxy groups -OCH3 is 1. The lowest BCUT2D eigenvalue weighted by atomic mass is 9.99. The summed E-state index contributed by atoms with van der Waals surface area (Å²) in [6, 6.07) is 3.16. The van der Waals surface area contributed by atoms with Gasteiger partial charge in [0.05, 0.1) is 13.7 Å². The van der Waals surface area contributed by atoms with E-state index in [0.29, 0.717) is 12.0 Å². The summed E-state index contributed by atoms with van der Waals surface area (Å²) in [5.74, 6) is -7.09. The highest BCUT2D eigenvalue weighted by Crippen LogP contribution is 2.58. The maximum atomic E-state index is 14.5. The van der Waals surface area contributed by atoms with Crippen molar-refractivity contribution in [2.24, 2.45) is 23.5 Å². The van der Waals surface area contributed by atoms with E-state index in [9.17, 15) is 38.2 Å². The van der Waals surface area contributed by atoms with Crippen molar-refractivity contribution in [2.75, 3.05) is 13.7 Å². The van der Waals surface area contributed by atoms with Crippen LogP contribution in [-0.2, 0) is 44.5 Å². The van der Waals surface area contributed by atoms with Gasteiger partial charge in [0, 0.05) is 18.0 Å². The van der Waals surface area contributed by atoms with Crippen LogP contribution in [0, 0.1) is 17.8 Å². The quantitative estimate of drug-likeness (QED) is 0.0729. The monoisotopic (exact) mass is 738 g/mol. The first-order chi connectivity index (χ1) is 23.8. The highest BCUT2D eigenvalue weighted by Gasteiger charge is 2.49. The first kappa shape index (κ1) is 43.3. The first-order valence-electron chi connectivity index (χ1n) is 17.2. The minimum Gasteiger partial charge on any atom is -0.467 e. The molecule has 2 rings (SSSR count). The molecule has 0 aliphatic heterocycles. The summed E-state index contributed by atoms with van der Waals surface area (Å²) >= 11 is 0. The summed E-state index contributed by atoms with van der Waals surface area (Å²) in [4.78, 5) is 89.3. The number of carbonyl (C=O) groups is 6. The zero-order valence-corrected chi connectivity index (χ0v) is 31.3. The standard InChI is InChI=1S/C34H55N6O10P/c1-18(2)27(33(46)40-28(19(3)4)34(47)50-7)39-31(44)23-14-11-15-25(23)51(48,49)26(16-22-12-9-8-10-13-22)38-30(43)21(6)36-29(42)20(5)37-32(45)24(35)17-41/h8-10,12-13,18-21,23-28,41H,11,14-17,35H2,1-7H3,(H,36,42)(H,37,45)(H,38,43)(H,39,44)(H,40,46)(H,48,49)/t20-,21-,23?,24-,25?,26+,27-,28-/m0/s1. The van der Waals surface area contributed by atoms with Gasteiger partial charge in [-0.2, -0.15) is 0 Å².